The van der Waals surface area contributed by atoms with Crippen LogP contribution in [0, 0.1) is 6.92 Å². The van der Waals surface area contributed by atoms with Crippen molar-refractivity contribution in [3.05, 3.63) is 57.5 Å². The van der Waals surface area contributed by atoms with Gasteiger partial charge in [0.25, 0.3) is 5.56 Å². The van der Waals surface area contributed by atoms with Crippen LogP contribution in [0.2, 0.25) is 0 Å². The van der Waals surface area contributed by atoms with E-state index >= 15 is 0 Å². The van der Waals surface area contributed by atoms with Crippen LogP contribution < -0.4 is 5.56 Å². The van der Waals surface area contributed by atoms with Crippen LogP contribution in [0.3, 0.4) is 0 Å². The second-order valence-corrected chi connectivity index (χ2v) is 5.75. The first kappa shape index (κ1) is 15.3. The maximum Gasteiger partial charge on any atom is 0.310 e. The molecule has 0 aliphatic heterocycles. The quantitative estimate of drug-likeness (QED) is 0.655. The van der Waals surface area contributed by atoms with E-state index in [2.05, 4.69) is 9.97 Å². The fourth-order valence-electron chi connectivity index (χ4n) is 1.82. The Hall–Kier alpha value is -2.08. The number of nitrogens with one attached hydrogen (secondary N) is 1. The van der Waals surface area contributed by atoms with Crippen molar-refractivity contribution in [3.63, 3.8) is 0 Å². The van der Waals surface area contributed by atoms with E-state index < -0.39 is 11.9 Å². The van der Waals surface area contributed by atoms with Gasteiger partial charge in [-0.25, -0.2) is 4.98 Å². The van der Waals surface area contributed by atoms with Gasteiger partial charge in [-0.2, -0.15) is 0 Å². The lowest BCUT2D eigenvalue weighted by atomic mass is 10.0. The van der Waals surface area contributed by atoms with Crippen LogP contribution in [-0.4, -0.2) is 21.0 Å². The number of hydrogen-bond donors (Lipinski definition) is 2. The van der Waals surface area contributed by atoms with Crippen molar-refractivity contribution >= 4 is 17.7 Å². The van der Waals surface area contributed by atoms with Crippen molar-refractivity contribution in [2.45, 2.75) is 30.7 Å². The Labute approximate surface area is 126 Å². The second-order valence-electron chi connectivity index (χ2n) is 4.78. The SMILES string of the molecule is Cc1cc(=O)[nH]c(SCc2ccc(C(C)C(=O)O)cc2)n1. The number of thioether (sulfide) groups is 1. The minimum Gasteiger partial charge on any atom is -0.481 e. The Balaban J connectivity index is 2.04. The number of benzene rings is 1. The van der Waals surface area contributed by atoms with Crippen LogP contribution in [0.25, 0.3) is 0 Å². The van der Waals surface area contributed by atoms with E-state index in [1.807, 2.05) is 24.3 Å². The van der Waals surface area contributed by atoms with E-state index in [1.54, 1.807) is 13.8 Å². The summed E-state index contributed by atoms with van der Waals surface area (Å²) < 4.78 is 0. The third-order valence-electron chi connectivity index (χ3n) is 3.07. The van der Waals surface area contributed by atoms with Crippen molar-refractivity contribution in [2.75, 3.05) is 0 Å². The third-order valence-corrected chi connectivity index (χ3v) is 4.02. The monoisotopic (exact) mass is 304 g/mol. The van der Waals surface area contributed by atoms with Crippen molar-refractivity contribution < 1.29 is 9.90 Å². The number of nitrogens with zero attached hydrogens (tertiary/aromatic N) is 1. The Bertz CT molecular complexity index is 695. The van der Waals surface area contributed by atoms with Crippen molar-refractivity contribution in [1.82, 2.24) is 9.97 Å². The summed E-state index contributed by atoms with van der Waals surface area (Å²) in [6.07, 6.45) is 0. The number of H-pyrrole nitrogens is 1. The minimum absolute atomic E-state index is 0.157. The number of hydrogen-bond acceptors (Lipinski definition) is 4. The molecule has 1 aromatic carbocycles. The number of rotatable bonds is 5. The third kappa shape index (κ3) is 4.19. The molecule has 21 heavy (non-hydrogen) atoms. The molecule has 1 heterocycles. The van der Waals surface area contributed by atoms with E-state index in [0.29, 0.717) is 16.6 Å². The van der Waals surface area contributed by atoms with Gasteiger partial charge in [0.15, 0.2) is 5.16 Å². The predicted octanol–water partition coefficient (Wildman–Crippen LogP) is 2.56. The lowest BCUT2D eigenvalue weighted by Crippen LogP contribution is -2.08. The Morgan fingerprint density at radius 2 is 2.05 bits per heavy atom. The first-order chi connectivity index (χ1) is 9.95. The molecule has 2 N–H and O–H groups in total. The van der Waals surface area contributed by atoms with Crippen LogP contribution in [0.1, 0.15) is 29.7 Å². The molecule has 6 heteroatoms. The van der Waals surface area contributed by atoms with Crippen molar-refractivity contribution in [1.29, 1.82) is 0 Å². The maximum atomic E-state index is 11.3. The molecule has 0 saturated heterocycles. The number of carboxylic acids is 1. The fraction of sp³-hybridized carbons (Fsp3) is 0.267. The summed E-state index contributed by atoms with van der Waals surface area (Å²) in [6, 6.07) is 8.89. The normalized spacial score (nSPS) is 12.1. The first-order valence-corrected chi connectivity index (χ1v) is 7.46. The molecule has 0 bridgehead atoms. The summed E-state index contributed by atoms with van der Waals surface area (Å²) in [5.74, 6) is -0.686. The lowest BCUT2D eigenvalue weighted by molar-refractivity contribution is -0.138. The molecule has 1 unspecified atom stereocenters. The lowest BCUT2D eigenvalue weighted by Gasteiger charge is -2.07. The summed E-state index contributed by atoms with van der Waals surface area (Å²) in [6.45, 7) is 3.44. The molecule has 1 aromatic heterocycles. The topological polar surface area (TPSA) is 83.0 Å². The molecule has 0 saturated carbocycles. The Kier molecular flexibility index (Phi) is 4.80. The highest BCUT2D eigenvalue weighted by Crippen LogP contribution is 2.21. The van der Waals surface area contributed by atoms with Gasteiger partial charge in [-0.15, -0.1) is 0 Å². The second kappa shape index (κ2) is 6.58. The molecule has 110 valence electrons. The molecular formula is C15H16N2O3S. The molecule has 0 aliphatic carbocycles. The average Bonchev–Trinajstić information content (AvgIpc) is 2.44. The molecule has 1 atom stereocenters. The summed E-state index contributed by atoms with van der Waals surface area (Å²) in [5, 5.41) is 9.55. The van der Waals surface area contributed by atoms with E-state index in [-0.39, 0.29) is 5.56 Å². The van der Waals surface area contributed by atoms with E-state index in [4.69, 9.17) is 5.11 Å². The minimum atomic E-state index is -0.835. The highest BCUT2D eigenvalue weighted by atomic mass is 32.2. The molecular weight excluding hydrogens is 288 g/mol. The van der Waals surface area contributed by atoms with Crippen LogP contribution in [-0.2, 0) is 10.5 Å². The maximum absolute atomic E-state index is 11.3. The van der Waals surface area contributed by atoms with Crippen molar-refractivity contribution in [2.24, 2.45) is 0 Å². The summed E-state index contributed by atoms with van der Waals surface area (Å²) in [7, 11) is 0. The zero-order chi connectivity index (χ0) is 15.4. The summed E-state index contributed by atoms with van der Waals surface area (Å²) in [5.41, 5.74) is 2.35. The van der Waals surface area contributed by atoms with Crippen LogP contribution >= 0.6 is 11.8 Å². The zero-order valence-corrected chi connectivity index (χ0v) is 12.6. The summed E-state index contributed by atoms with van der Waals surface area (Å²) in [4.78, 5) is 29.2. The van der Waals surface area contributed by atoms with Crippen LogP contribution in [0.5, 0.6) is 0 Å². The molecule has 2 rings (SSSR count). The van der Waals surface area contributed by atoms with Gasteiger partial charge in [-0.3, -0.25) is 9.59 Å². The average molecular weight is 304 g/mol. The van der Waals surface area contributed by atoms with Gasteiger partial charge < -0.3 is 10.1 Å². The molecule has 0 radical (unpaired) electrons. The standard InChI is InChI=1S/C15H16N2O3S/c1-9-7-13(18)17-15(16-9)21-8-11-3-5-12(6-4-11)10(2)14(19)20/h3-7,10H,8H2,1-2H3,(H,19,20)(H,16,17,18). The molecule has 0 spiro atoms. The Morgan fingerprint density at radius 1 is 1.38 bits per heavy atom. The van der Waals surface area contributed by atoms with Gasteiger partial charge in [-0.1, -0.05) is 36.0 Å². The van der Waals surface area contributed by atoms with E-state index in [9.17, 15) is 9.59 Å². The number of carboxylic acid groups (broad SMARTS) is 1. The highest BCUT2D eigenvalue weighted by Gasteiger charge is 2.13. The van der Waals surface area contributed by atoms with Gasteiger partial charge in [0, 0.05) is 17.5 Å². The molecule has 0 amide bonds. The number of aryl methyl sites for hydroxylation is 1. The highest BCUT2D eigenvalue weighted by molar-refractivity contribution is 7.98. The molecule has 2 aromatic rings. The summed E-state index contributed by atoms with van der Waals surface area (Å²) >= 11 is 1.44. The van der Waals surface area contributed by atoms with E-state index in [0.717, 1.165) is 11.1 Å². The molecule has 0 fully saturated rings. The van der Waals surface area contributed by atoms with Gasteiger partial charge in [0.05, 0.1) is 5.92 Å². The van der Waals surface area contributed by atoms with Crippen LogP contribution in [0.4, 0.5) is 0 Å². The predicted molar refractivity (Wildman–Crippen MR) is 81.6 cm³/mol. The fourth-order valence-corrected chi connectivity index (χ4v) is 2.69. The zero-order valence-electron chi connectivity index (χ0n) is 11.8. The largest absolute Gasteiger partial charge is 0.481 e. The van der Waals surface area contributed by atoms with Gasteiger partial charge in [-0.05, 0) is 25.0 Å². The number of aliphatic carboxylic acids is 1. The van der Waals surface area contributed by atoms with Crippen LogP contribution in [0.15, 0.2) is 40.3 Å². The number of aromatic nitrogens is 2. The van der Waals surface area contributed by atoms with E-state index in [1.165, 1.54) is 17.8 Å². The van der Waals surface area contributed by atoms with Gasteiger partial charge in [0.1, 0.15) is 0 Å². The Morgan fingerprint density at radius 3 is 2.62 bits per heavy atom. The van der Waals surface area contributed by atoms with Gasteiger partial charge >= 0.3 is 5.97 Å². The number of carbonyl (C=O) groups is 1. The molecule has 5 nitrogen and oxygen atoms in total. The molecule has 0 aliphatic rings. The van der Waals surface area contributed by atoms with Gasteiger partial charge in [0.2, 0.25) is 0 Å². The van der Waals surface area contributed by atoms with Crippen molar-refractivity contribution in [3.8, 4) is 0 Å². The smallest absolute Gasteiger partial charge is 0.310 e. The first-order valence-electron chi connectivity index (χ1n) is 6.48. The number of aromatic amines is 1.